The fourth-order valence-electron chi connectivity index (χ4n) is 8.98. The van der Waals surface area contributed by atoms with Crippen LogP contribution < -0.4 is 4.74 Å². The lowest BCUT2D eigenvalue weighted by Gasteiger charge is -2.35. The Balaban J connectivity index is 1.23. The van der Waals surface area contributed by atoms with Gasteiger partial charge < -0.3 is 13.7 Å². The number of furan rings is 1. The number of ether oxygens (including phenoxy) is 1. The minimum Gasteiger partial charge on any atom is -0.457 e. The molecule has 1 aliphatic heterocycles. The van der Waals surface area contributed by atoms with Crippen molar-refractivity contribution in [2.75, 3.05) is 0 Å². The molecule has 0 N–H and O–H groups in total. The Morgan fingerprint density at radius 1 is 0.463 bits per heavy atom. The predicted octanol–water partition coefficient (Wildman–Crippen LogP) is 14.1. The molecule has 1 aliphatic rings. The van der Waals surface area contributed by atoms with Gasteiger partial charge in [0.25, 0.3) is 0 Å². The highest BCUT2D eigenvalue weighted by molar-refractivity contribution is 6.13. The third-order valence-corrected chi connectivity index (χ3v) is 11.4. The van der Waals surface area contributed by atoms with E-state index in [1.54, 1.807) is 0 Å². The van der Waals surface area contributed by atoms with Gasteiger partial charge in [0.05, 0.1) is 11.0 Å². The topological polar surface area (TPSA) is 27.3 Å². The summed E-state index contributed by atoms with van der Waals surface area (Å²) in [6.45, 7) is 4.65. The molecule has 0 amide bonds. The fourth-order valence-corrected chi connectivity index (χ4v) is 8.98. The quantitative estimate of drug-likeness (QED) is 0.183. The van der Waals surface area contributed by atoms with Crippen LogP contribution >= 0.6 is 0 Å². The molecule has 2 aromatic heterocycles. The van der Waals surface area contributed by atoms with Gasteiger partial charge in [-0.15, -0.1) is 0 Å². The van der Waals surface area contributed by atoms with Crippen molar-refractivity contribution in [2.24, 2.45) is 0 Å². The highest BCUT2D eigenvalue weighted by atomic mass is 16.5. The highest BCUT2D eigenvalue weighted by Crippen LogP contribution is 2.52. The van der Waals surface area contributed by atoms with E-state index >= 15 is 0 Å². The van der Waals surface area contributed by atoms with Gasteiger partial charge in [0, 0.05) is 49.3 Å². The van der Waals surface area contributed by atoms with Gasteiger partial charge in [-0.3, -0.25) is 0 Å². The van der Waals surface area contributed by atoms with E-state index in [9.17, 15) is 0 Å². The van der Waals surface area contributed by atoms with Crippen molar-refractivity contribution in [3.05, 3.63) is 187 Å². The second kappa shape index (κ2) is 11.6. The van der Waals surface area contributed by atoms with E-state index in [1.807, 2.05) is 6.07 Å². The van der Waals surface area contributed by atoms with Gasteiger partial charge in [-0.2, -0.15) is 0 Å². The maximum Gasteiger partial charge on any atom is 0.143 e. The zero-order valence-corrected chi connectivity index (χ0v) is 30.0. The van der Waals surface area contributed by atoms with Crippen molar-refractivity contribution in [1.82, 2.24) is 4.57 Å². The molecule has 3 heteroatoms. The summed E-state index contributed by atoms with van der Waals surface area (Å²) in [6.07, 6.45) is 0. The van der Waals surface area contributed by atoms with Crippen LogP contribution in [0.3, 0.4) is 0 Å². The van der Waals surface area contributed by atoms with Crippen molar-refractivity contribution < 1.29 is 9.15 Å². The van der Waals surface area contributed by atoms with Gasteiger partial charge >= 0.3 is 0 Å². The molecule has 0 unspecified atom stereocenters. The SMILES string of the molecule is CC1(C)c2ccccc2Oc2ccc3c(c21)c1ccccc1n3-c1cc(-c2ccccc2-c2ccccc2)cc(-c2cccc3c2oc2ccccc23)c1. The summed E-state index contributed by atoms with van der Waals surface area (Å²) >= 11 is 0. The van der Waals surface area contributed by atoms with Gasteiger partial charge in [0.15, 0.2) is 0 Å². The van der Waals surface area contributed by atoms with E-state index in [0.29, 0.717) is 0 Å². The number of fused-ring (bicyclic) bond motifs is 9. The summed E-state index contributed by atoms with van der Waals surface area (Å²) in [5, 5.41) is 4.67. The molecule has 54 heavy (non-hydrogen) atoms. The first-order valence-corrected chi connectivity index (χ1v) is 18.6. The van der Waals surface area contributed by atoms with Gasteiger partial charge in [0.1, 0.15) is 22.7 Å². The second-order valence-corrected chi connectivity index (χ2v) is 14.9. The Morgan fingerprint density at radius 3 is 1.96 bits per heavy atom. The van der Waals surface area contributed by atoms with Crippen molar-refractivity contribution in [3.8, 4) is 50.6 Å². The Bertz CT molecular complexity index is 3110. The largest absolute Gasteiger partial charge is 0.457 e. The smallest absolute Gasteiger partial charge is 0.143 e. The third-order valence-electron chi connectivity index (χ3n) is 11.4. The number of rotatable bonds is 4. The summed E-state index contributed by atoms with van der Waals surface area (Å²) < 4.78 is 15.7. The first-order chi connectivity index (χ1) is 26.5. The van der Waals surface area contributed by atoms with E-state index in [0.717, 1.165) is 66.8 Å². The molecule has 0 atom stereocenters. The van der Waals surface area contributed by atoms with Crippen molar-refractivity contribution >= 4 is 43.7 Å². The molecule has 3 heterocycles. The number of aromatic nitrogens is 1. The lowest BCUT2D eigenvalue weighted by atomic mass is 9.74. The normalized spacial score (nSPS) is 13.3. The van der Waals surface area contributed by atoms with E-state index < -0.39 is 0 Å². The van der Waals surface area contributed by atoms with Crippen LogP contribution in [0.25, 0.3) is 82.8 Å². The molecule has 3 nitrogen and oxygen atoms in total. The number of benzene rings is 8. The van der Waals surface area contributed by atoms with Crippen LogP contribution in [0.1, 0.15) is 25.0 Å². The third kappa shape index (κ3) is 4.48. The summed E-state index contributed by atoms with van der Waals surface area (Å²) in [7, 11) is 0. The van der Waals surface area contributed by atoms with E-state index in [-0.39, 0.29) is 5.41 Å². The minimum absolute atomic E-state index is 0.281. The average molecular weight is 694 g/mol. The van der Waals surface area contributed by atoms with Crippen LogP contribution in [0, 0.1) is 0 Å². The van der Waals surface area contributed by atoms with E-state index in [2.05, 4.69) is 188 Å². The lowest BCUT2D eigenvalue weighted by Crippen LogP contribution is -2.24. The summed E-state index contributed by atoms with van der Waals surface area (Å²) in [5.74, 6) is 1.84. The molecule has 0 saturated heterocycles. The summed E-state index contributed by atoms with van der Waals surface area (Å²) in [4.78, 5) is 0. The molecule has 256 valence electrons. The lowest BCUT2D eigenvalue weighted by molar-refractivity contribution is 0.420. The minimum atomic E-state index is -0.281. The molecule has 10 aromatic rings. The van der Waals surface area contributed by atoms with Gasteiger partial charge in [-0.1, -0.05) is 141 Å². The van der Waals surface area contributed by atoms with Crippen LogP contribution in [0.4, 0.5) is 0 Å². The Morgan fingerprint density at radius 2 is 1.11 bits per heavy atom. The molecule has 0 aliphatic carbocycles. The Hall–Kier alpha value is -6.84. The monoisotopic (exact) mass is 693 g/mol. The Kier molecular flexibility index (Phi) is 6.60. The number of para-hydroxylation sites is 4. The average Bonchev–Trinajstić information content (AvgIpc) is 3.77. The number of nitrogens with zero attached hydrogens (tertiary/aromatic N) is 1. The first kappa shape index (κ1) is 30.8. The number of hydrogen-bond donors (Lipinski definition) is 0. The molecule has 11 rings (SSSR count). The Labute approximate surface area is 313 Å². The van der Waals surface area contributed by atoms with Crippen molar-refractivity contribution in [1.29, 1.82) is 0 Å². The zero-order chi connectivity index (χ0) is 36.0. The van der Waals surface area contributed by atoms with Gasteiger partial charge in [-0.25, -0.2) is 0 Å². The predicted molar refractivity (Wildman–Crippen MR) is 223 cm³/mol. The first-order valence-electron chi connectivity index (χ1n) is 18.6. The molecule has 8 aromatic carbocycles. The molecule has 0 spiro atoms. The standard InChI is InChI=1S/C51H35NO2/c1-51(2)42-23-10-13-26-46(42)53-47-28-27-44-48(49(47)51)41-20-8-11-24-43(41)52(44)35-30-33(37-18-7-6-17-36(37)32-15-4-3-5-16-32)29-34(31-35)38-21-14-22-40-39-19-9-12-25-45(39)54-50(38)40/h3-31H,1-2H3. The molecule has 0 saturated carbocycles. The van der Waals surface area contributed by atoms with E-state index in [4.69, 9.17) is 9.15 Å². The number of hydrogen-bond acceptors (Lipinski definition) is 2. The fraction of sp³-hybridized carbons (Fsp3) is 0.0588. The van der Waals surface area contributed by atoms with Gasteiger partial charge in [-0.05, 0) is 76.3 Å². The summed E-state index contributed by atoms with van der Waals surface area (Å²) in [5.41, 5.74) is 14.1. The molecular formula is C51H35NO2. The molecule has 0 fully saturated rings. The van der Waals surface area contributed by atoms with Crippen molar-refractivity contribution in [3.63, 3.8) is 0 Å². The maximum absolute atomic E-state index is 6.64. The summed E-state index contributed by atoms with van der Waals surface area (Å²) in [6, 6.07) is 62.9. The van der Waals surface area contributed by atoms with Crippen LogP contribution in [0.2, 0.25) is 0 Å². The van der Waals surface area contributed by atoms with Crippen LogP contribution in [-0.4, -0.2) is 4.57 Å². The zero-order valence-electron chi connectivity index (χ0n) is 30.0. The van der Waals surface area contributed by atoms with Crippen LogP contribution in [0.5, 0.6) is 11.5 Å². The molecule has 0 radical (unpaired) electrons. The van der Waals surface area contributed by atoms with Gasteiger partial charge in [0.2, 0.25) is 0 Å². The maximum atomic E-state index is 6.64. The second-order valence-electron chi connectivity index (χ2n) is 14.9. The van der Waals surface area contributed by atoms with Crippen LogP contribution in [0.15, 0.2) is 180 Å². The highest BCUT2D eigenvalue weighted by Gasteiger charge is 2.37. The van der Waals surface area contributed by atoms with E-state index in [1.165, 1.54) is 38.6 Å². The van der Waals surface area contributed by atoms with Crippen LogP contribution in [-0.2, 0) is 5.41 Å². The molecule has 0 bridgehead atoms. The molecular weight excluding hydrogens is 659 g/mol. The van der Waals surface area contributed by atoms with Crippen molar-refractivity contribution in [2.45, 2.75) is 19.3 Å².